The van der Waals surface area contributed by atoms with E-state index in [1.54, 1.807) is 6.07 Å². The largest absolute Gasteiger partial charge is 0.327 e. The number of nitrogens with two attached hydrogens (primary N) is 1. The number of benzene rings is 1. The number of halogens is 1. The third kappa shape index (κ3) is 3.46. The number of fused-ring (bicyclic) bond motifs is 1. The summed E-state index contributed by atoms with van der Waals surface area (Å²) >= 11 is 0. The van der Waals surface area contributed by atoms with E-state index in [-0.39, 0.29) is 30.8 Å². The smallest absolute Gasteiger partial charge is 0.255 e. The van der Waals surface area contributed by atoms with Gasteiger partial charge in [0.2, 0.25) is 11.8 Å². The number of carbonyl (C=O) groups excluding carboxylic acids is 3. The molecule has 1 aromatic rings. The van der Waals surface area contributed by atoms with Gasteiger partial charge in [-0.1, -0.05) is 12.1 Å². The molecule has 3 amide bonds. The van der Waals surface area contributed by atoms with Crippen molar-refractivity contribution in [1.82, 2.24) is 15.5 Å². The standard InChI is InChI=1S/C19H23FN4O3/c20-19(6-13(21)7-19)10-22-8-11-1-2-14-12(5-11)9-24(18(14)27)15-3-4-16(25)23-17(15)26/h1-2,5,13,15,22H,3-4,6-10,21H2,(H,23,25,26). The molecule has 0 bridgehead atoms. The maximum Gasteiger partial charge on any atom is 0.255 e. The van der Waals surface area contributed by atoms with Crippen molar-refractivity contribution in [3.05, 3.63) is 34.9 Å². The van der Waals surface area contributed by atoms with Gasteiger partial charge in [0.25, 0.3) is 5.91 Å². The second kappa shape index (κ2) is 6.69. The molecule has 2 aliphatic heterocycles. The number of hydrogen-bond donors (Lipinski definition) is 3. The van der Waals surface area contributed by atoms with E-state index >= 15 is 0 Å². The predicted molar refractivity (Wildman–Crippen MR) is 95.2 cm³/mol. The Balaban J connectivity index is 1.39. The molecule has 0 spiro atoms. The first kappa shape index (κ1) is 18.1. The summed E-state index contributed by atoms with van der Waals surface area (Å²) in [4.78, 5) is 37.5. The van der Waals surface area contributed by atoms with Crippen molar-refractivity contribution in [1.29, 1.82) is 0 Å². The molecular weight excluding hydrogens is 351 g/mol. The van der Waals surface area contributed by atoms with Crippen molar-refractivity contribution in [2.45, 2.75) is 56.5 Å². The molecule has 144 valence electrons. The van der Waals surface area contributed by atoms with E-state index in [1.165, 1.54) is 4.90 Å². The van der Waals surface area contributed by atoms with Crippen molar-refractivity contribution in [3.8, 4) is 0 Å². The van der Waals surface area contributed by atoms with Crippen LogP contribution in [0.3, 0.4) is 0 Å². The van der Waals surface area contributed by atoms with Crippen LogP contribution in [0.1, 0.15) is 47.2 Å². The number of nitrogens with one attached hydrogen (secondary N) is 2. The van der Waals surface area contributed by atoms with Crippen LogP contribution in [0, 0.1) is 0 Å². The Hall–Kier alpha value is -2.32. The van der Waals surface area contributed by atoms with Crippen LogP contribution in [0.5, 0.6) is 0 Å². The first-order valence-electron chi connectivity index (χ1n) is 9.26. The lowest BCUT2D eigenvalue weighted by Gasteiger charge is -2.39. The minimum absolute atomic E-state index is 0.0407. The number of nitrogens with zero attached hydrogens (tertiary/aromatic N) is 1. The Morgan fingerprint density at radius 3 is 2.78 bits per heavy atom. The maximum atomic E-state index is 14.2. The Morgan fingerprint density at radius 2 is 2.07 bits per heavy atom. The van der Waals surface area contributed by atoms with Crippen molar-refractivity contribution in [2.75, 3.05) is 6.54 Å². The van der Waals surface area contributed by atoms with E-state index in [9.17, 15) is 18.8 Å². The molecule has 2 fully saturated rings. The quantitative estimate of drug-likeness (QED) is 0.646. The summed E-state index contributed by atoms with van der Waals surface area (Å²) in [5.74, 6) is -0.904. The molecule has 7 nitrogen and oxygen atoms in total. The van der Waals surface area contributed by atoms with Crippen LogP contribution >= 0.6 is 0 Å². The molecule has 4 N–H and O–H groups in total. The minimum atomic E-state index is -1.21. The fourth-order valence-electron chi connectivity index (χ4n) is 4.19. The van der Waals surface area contributed by atoms with E-state index in [2.05, 4.69) is 10.6 Å². The molecule has 27 heavy (non-hydrogen) atoms. The third-order valence-corrected chi connectivity index (χ3v) is 5.61. The van der Waals surface area contributed by atoms with Crippen molar-refractivity contribution in [3.63, 3.8) is 0 Å². The predicted octanol–water partition coefficient (Wildman–Crippen LogP) is 0.367. The van der Waals surface area contributed by atoms with E-state index in [0.29, 0.717) is 37.9 Å². The lowest BCUT2D eigenvalue weighted by molar-refractivity contribution is -0.136. The van der Waals surface area contributed by atoms with Crippen molar-refractivity contribution < 1.29 is 18.8 Å². The van der Waals surface area contributed by atoms with Crippen LogP contribution in [-0.2, 0) is 22.7 Å². The van der Waals surface area contributed by atoms with E-state index < -0.39 is 17.6 Å². The van der Waals surface area contributed by atoms with Gasteiger partial charge in [-0.2, -0.15) is 0 Å². The van der Waals surface area contributed by atoms with Crippen LogP contribution < -0.4 is 16.4 Å². The first-order chi connectivity index (χ1) is 12.8. The number of hydrogen-bond acceptors (Lipinski definition) is 5. The maximum absolute atomic E-state index is 14.2. The van der Waals surface area contributed by atoms with Gasteiger partial charge in [-0.25, -0.2) is 4.39 Å². The van der Waals surface area contributed by atoms with E-state index in [0.717, 1.165) is 11.1 Å². The summed E-state index contributed by atoms with van der Waals surface area (Å²) in [6, 6.07) is 4.86. The normalized spacial score (nSPS) is 30.1. The highest BCUT2D eigenvalue weighted by molar-refractivity contribution is 6.05. The van der Waals surface area contributed by atoms with Gasteiger partial charge in [0.15, 0.2) is 0 Å². The summed E-state index contributed by atoms with van der Waals surface area (Å²) in [5, 5.41) is 5.42. The molecule has 1 unspecified atom stereocenters. The monoisotopic (exact) mass is 374 g/mol. The topological polar surface area (TPSA) is 105 Å². The average Bonchev–Trinajstić information content (AvgIpc) is 2.90. The van der Waals surface area contributed by atoms with Crippen LogP contribution in [-0.4, -0.2) is 46.9 Å². The van der Waals surface area contributed by atoms with Crippen LogP contribution in [0.4, 0.5) is 4.39 Å². The highest BCUT2D eigenvalue weighted by atomic mass is 19.1. The number of amides is 3. The Labute approximate surface area is 156 Å². The molecule has 1 saturated carbocycles. The van der Waals surface area contributed by atoms with Crippen LogP contribution in [0.15, 0.2) is 18.2 Å². The zero-order valence-corrected chi connectivity index (χ0v) is 15.0. The van der Waals surface area contributed by atoms with Gasteiger partial charge < -0.3 is 16.0 Å². The number of carbonyl (C=O) groups is 3. The molecule has 0 radical (unpaired) electrons. The SMILES string of the molecule is NC1CC(F)(CNCc2ccc3c(c2)CN(C2CCC(=O)NC2=O)C3=O)C1. The fraction of sp³-hybridized carbons (Fsp3) is 0.526. The zero-order valence-electron chi connectivity index (χ0n) is 15.0. The first-order valence-corrected chi connectivity index (χ1v) is 9.26. The zero-order chi connectivity index (χ0) is 19.2. The molecule has 1 atom stereocenters. The molecule has 1 saturated heterocycles. The molecule has 1 aromatic carbocycles. The van der Waals surface area contributed by atoms with Crippen molar-refractivity contribution in [2.24, 2.45) is 5.73 Å². The van der Waals surface area contributed by atoms with E-state index in [4.69, 9.17) is 5.73 Å². The molecule has 2 heterocycles. The Bertz CT molecular complexity index is 806. The minimum Gasteiger partial charge on any atom is -0.327 e. The molecule has 8 heteroatoms. The van der Waals surface area contributed by atoms with Gasteiger partial charge in [0.1, 0.15) is 11.7 Å². The summed E-state index contributed by atoms with van der Waals surface area (Å²) in [6.45, 7) is 1.11. The summed E-state index contributed by atoms with van der Waals surface area (Å²) in [6.07, 6.45) is 1.36. The summed E-state index contributed by atoms with van der Waals surface area (Å²) in [5.41, 5.74) is 6.83. The van der Waals surface area contributed by atoms with Gasteiger partial charge in [0, 0.05) is 37.7 Å². The number of imide groups is 1. The number of alkyl halides is 1. The molecule has 3 aliphatic rings. The second-order valence-corrected chi connectivity index (χ2v) is 7.81. The second-order valence-electron chi connectivity index (χ2n) is 7.81. The van der Waals surface area contributed by atoms with Gasteiger partial charge >= 0.3 is 0 Å². The fourth-order valence-corrected chi connectivity index (χ4v) is 4.19. The molecular formula is C19H23FN4O3. The molecule has 0 aromatic heterocycles. The lowest BCUT2D eigenvalue weighted by atomic mass is 9.78. The number of piperidine rings is 1. The van der Waals surface area contributed by atoms with E-state index in [1.807, 2.05) is 12.1 Å². The molecule has 1 aliphatic carbocycles. The Kier molecular flexibility index (Phi) is 4.47. The highest BCUT2D eigenvalue weighted by Gasteiger charge is 2.42. The third-order valence-electron chi connectivity index (χ3n) is 5.61. The average molecular weight is 374 g/mol. The number of rotatable bonds is 5. The highest BCUT2D eigenvalue weighted by Crippen LogP contribution is 2.34. The van der Waals surface area contributed by atoms with Crippen molar-refractivity contribution >= 4 is 17.7 Å². The lowest BCUT2D eigenvalue weighted by Crippen LogP contribution is -2.53. The van der Waals surface area contributed by atoms with Crippen LogP contribution in [0.2, 0.25) is 0 Å². The molecule has 4 rings (SSSR count). The van der Waals surface area contributed by atoms with Gasteiger partial charge in [-0.05, 0) is 36.5 Å². The van der Waals surface area contributed by atoms with Gasteiger partial charge in [-0.3, -0.25) is 19.7 Å². The van der Waals surface area contributed by atoms with Crippen LogP contribution in [0.25, 0.3) is 0 Å². The van der Waals surface area contributed by atoms with Gasteiger partial charge in [0.05, 0.1) is 0 Å². The summed E-state index contributed by atoms with van der Waals surface area (Å²) in [7, 11) is 0. The van der Waals surface area contributed by atoms with Gasteiger partial charge in [-0.15, -0.1) is 0 Å². The Morgan fingerprint density at radius 1 is 1.30 bits per heavy atom. The summed E-state index contributed by atoms with van der Waals surface area (Å²) < 4.78 is 14.2.